The third kappa shape index (κ3) is 2.66. The second kappa shape index (κ2) is 5.81. The Hall–Kier alpha value is -1.73. The first-order chi connectivity index (χ1) is 10.8. The summed E-state index contributed by atoms with van der Waals surface area (Å²) >= 11 is 0. The zero-order valence-corrected chi connectivity index (χ0v) is 12.9. The maximum atomic E-state index is 5.50. The highest BCUT2D eigenvalue weighted by Crippen LogP contribution is 2.21. The molecule has 2 aliphatic heterocycles. The van der Waals surface area contributed by atoms with Gasteiger partial charge in [0.05, 0.1) is 6.61 Å². The Morgan fingerprint density at radius 3 is 2.91 bits per heavy atom. The number of fused-ring (bicyclic) bond motifs is 1. The second-order valence-electron chi connectivity index (χ2n) is 6.23. The molecule has 1 unspecified atom stereocenters. The fourth-order valence-corrected chi connectivity index (χ4v) is 3.46. The van der Waals surface area contributed by atoms with Crippen LogP contribution < -0.4 is 5.32 Å². The minimum atomic E-state index is 0.479. The van der Waals surface area contributed by atoms with Crippen LogP contribution in [0.1, 0.15) is 25.0 Å². The van der Waals surface area contributed by atoms with Crippen LogP contribution in [-0.4, -0.2) is 62.9 Å². The summed E-state index contributed by atoms with van der Waals surface area (Å²) in [6.45, 7) is 6.08. The van der Waals surface area contributed by atoms with Crippen molar-refractivity contribution in [1.82, 2.24) is 24.5 Å². The van der Waals surface area contributed by atoms with Gasteiger partial charge in [0.2, 0.25) is 0 Å². The lowest BCUT2D eigenvalue weighted by molar-refractivity contribution is 0.124. The number of nitrogens with one attached hydrogen (secondary N) is 1. The molecule has 0 spiro atoms. The highest BCUT2D eigenvalue weighted by molar-refractivity contribution is 5.45. The molecular formula is C15H22N6O. The minimum Gasteiger partial charge on any atom is -0.380 e. The van der Waals surface area contributed by atoms with E-state index in [1.807, 2.05) is 13.0 Å². The van der Waals surface area contributed by atoms with Crippen molar-refractivity contribution in [3.63, 3.8) is 0 Å². The zero-order chi connectivity index (χ0) is 14.9. The van der Waals surface area contributed by atoms with Crippen LogP contribution in [0.4, 0.5) is 5.82 Å². The van der Waals surface area contributed by atoms with Crippen LogP contribution in [0.2, 0.25) is 0 Å². The third-order valence-electron chi connectivity index (χ3n) is 4.68. The van der Waals surface area contributed by atoms with Crippen LogP contribution in [0.5, 0.6) is 0 Å². The Kier molecular flexibility index (Phi) is 3.67. The molecule has 0 bridgehead atoms. The molecule has 2 aliphatic rings. The SMILES string of the molecule is Cc1cc(NC2CCN(C3CCOC3)CC2)n2ncnc2n1. The first-order valence-electron chi connectivity index (χ1n) is 8.05. The van der Waals surface area contributed by atoms with Gasteiger partial charge in [-0.05, 0) is 26.2 Å². The summed E-state index contributed by atoms with van der Waals surface area (Å²) in [5, 5.41) is 7.88. The van der Waals surface area contributed by atoms with Crippen molar-refractivity contribution >= 4 is 11.6 Å². The van der Waals surface area contributed by atoms with Gasteiger partial charge in [-0.25, -0.2) is 4.98 Å². The molecule has 2 aromatic rings. The molecule has 0 aromatic carbocycles. The van der Waals surface area contributed by atoms with Crippen LogP contribution in [0.15, 0.2) is 12.4 Å². The Morgan fingerprint density at radius 2 is 2.14 bits per heavy atom. The molecule has 0 aliphatic carbocycles. The molecule has 4 heterocycles. The third-order valence-corrected chi connectivity index (χ3v) is 4.68. The Morgan fingerprint density at radius 1 is 1.27 bits per heavy atom. The van der Waals surface area contributed by atoms with Crippen LogP contribution in [0.25, 0.3) is 5.78 Å². The van der Waals surface area contributed by atoms with Crippen molar-refractivity contribution in [1.29, 1.82) is 0 Å². The molecule has 2 saturated heterocycles. The average Bonchev–Trinajstić information content (AvgIpc) is 3.18. The number of aryl methyl sites for hydroxylation is 1. The molecule has 7 nitrogen and oxygen atoms in total. The average molecular weight is 302 g/mol. The van der Waals surface area contributed by atoms with Gasteiger partial charge in [-0.2, -0.15) is 14.6 Å². The first kappa shape index (κ1) is 13.9. The lowest BCUT2D eigenvalue weighted by Crippen LogP contribution is -2.45. The van der Waals surface area contributed by atoms with Gasteiger partial charge in [-0.1, -0.05) is 0 Å². The molecule has 118 valence electrons. The number of ether oxygens (including phenoxy) is 1. The number of piperidine rings is 1. The maximum Gasteiger partial charge on any atom is 0.254 e. The quantitative estimate of drug-likeness (QED) is 0.916. The minimum absolute atomic E-state index is 0.479. The largest absolute Gasteiger partial charge is 0.380 e. The van der Waals surface area contributed by atoms with Crippen molar-refractivity contribution < 1.29 is 4.74 Å². The first-order valence-corrected chi connectivity index (χ1v) is 8.05. The van der Waals surface area contributed by atoms with Crippen LogP contribution in [0, 0.1) is 6.92 Å². The van der Waals surface area contributed by atoms with Crippen molar-refractivity contribution in [2.24, 2.45) is 0 Å². The number of anilines is 1. The van der Waals surface area contributed by atoms with E-state index in [4.69, 9.17) is 4.74 Å². The number of rotatable bonds is 3. The fraction of sp³-hybridized carbons (Fsp3) is 0.667. The van der Waals surface area contributed by atoms with Crippen molar-refractivity contribution in [2.45, 2.75) is 38.3 Å². The Labute approximate surface area is 129 Å². The fourth-order valence-electron chi connectivity index (χ4n) is 3.46. The summed E-state index contributed by atoms with van der Waals surface area (Å²) in [4.78, 5) is 11.1. The van der Waals surface area contributed by atoms with Gasteiger partial charge in [0.1, 0.15) is 12.1 Å². The van der Waals surface area contributed by atoms with E-state index in [0.717, 1.165) is 50.7 Å². The number of aromatic nitrogens is 4. The monoisotopic (exact) mass is 302 g/mol. The number of hydrogen-bond donors (Lipinski definition) is 1. The lowest BCUT2D eigenvalue weighted by atomic mass is 10.0. The van der Waals surface area contributed by atoms with E-state index in [2.05, 4.69) is 25.3 Å². The number of likely N-dealkylation sites (tertiary alicyclic amines) is 1. The lowest BCUT2D eigenvalue weighted by Gasteiger charge is -2.35. The molecule has 0 radical (unpaired) electrons. The Balaban J connectivity index is 1.42. The molecule has 7 heteroatoms. The van der Waals surface area contributed by atoms with Crippen molar-refractivity contribution in [2.75, 3.05) is 31.6 Å². The van der Waals surface area contributed by atoms with E-state index in [9.17, 15) is 0 Å². The molecular weight excluding hydrogens is 280 g/mol. The summed E-state index contributed by atoms with van der Waals surface area (Å²) in [6, 6.07) is 3.15. The predicted molar refractivity (Wildman–Crippen MR) is 83.0 cm³/mol. The normalized spacial score (nSPS) is 24.1. The maximum absolute atomic E-state index is 5.50. The summed E-state index contributed by atoms with van der Waals surface area (Å²) in [5.74, 6) is 1.64. The van der Waals surface area contributed by atoms with E-state index in [0.29, 0.717) is 17.9 Å². The van der Waals surface area contributed by atoms with E-state index < -0.39 is 0 Å². The van der Waals surface area contributed by atoms with E-state index in [-0.39, 0.29) is 0 Å². The predicted octanol–water partition coefficient (Wildman–Crippen LogP) is 1.10. The summed E-state index contributed by atoms with van der Waals surface area (Å²) in [7, 11) is 0. The topological polar surface area (TPSA) is 67.6 Å². The number of hydrogen-bond acceptors (Lipinski definition) is 6. The molecule has 1 N–H and O–H groups in total. The zero-order valence-electron chi connectivity index (χ0n) is 12.9. The van der Waals surface area contributed by atoms with Gasteiger partial charge in [0, 0.05) is 43.5 Å². The van der Waals surface area contributed by atoms with Gasteiger partial charge in [-0.3, -0.25) is 4.90 Å². The molecule has 0 saturated carbocycles. The number of nitrogens with zero attached hydrogens (tertiary/aromatic N) is 5. The highest BCUT2D eigenvalue weighted by atomic mass is 16.5. The van der Waals surface area contributed by atoms with Crippen LogP contribution in [-0.2, 0) is 4.74 Å². The van der Waals surface area contributed by atoms with E-state index in [1.54, 1.807) is 10.8 Å². The van der Waals surface area contributed by atoms with Gasteiger partial charge in [0.25, 0.3) is 5.78 Å². The molecule has 0 amide bonds. The van der Waals surface area contributed by atoms with Gasteiger partial charge >= 0.3 is 0 Å². The smallest absolute Gasteiger partial charge is 0.254 e. The molecule has 2 fully saturated rings. The molecule has 1 atom stereocenters. The standard InChI is InChI=1S/C15H22N6O/c1-11-8-14(21-15(18-11)16-10-17-21)19-12-2-5-20(6-3-12)13-4-7-22-9-13/h8,10,12-13,19H,2-7,9H2,1H3. The summed E-state index contributed by atoms with van der Waals surface area (Å²) < 4.78 is 7.28. The van der Waals surface area contributed by atoms with Crippen molar-refractivity contribution in [3.8, 4) is 0 Å². The van der Waals surface area contributed by atoms with Gasteiger partial charge in [0.15, 0.2) is 0 Å². The molecule has 4 rings (SSSR count). The van der Waals surface area contributed by atoms with Crippen molar-refractivity contribution in [3.05, 3.63) is 18.1 Å². The Bertz CT molecular complexity index is 643. The second-order valence-corrected chi connectivity index (χ2v) is 6.23. The van der Waals surface area contributed by atoms with E-state index in [1.165, 1.54) is 6.42 Å². The molecule has 22 heavy (non-hydrogen) atoms. The van der Waals surface area contributed by atoms with Gasteiger partial charge < -0.3 is 10.1 Å². The van der Waals surface area contributed by atoms with E-state index >= 15 is 0 Å². The molecule has 2 aromatic heterocycles. The van der Waals surface area contributed by atoms with Gasteiger partial charge in [-0.15, -0.1) is 0 Å². The summed E-state index contributed by atoms with van der Waals surface area (Å²) in [6.07, 6.45) is 5.03. The van der Waals surface area contributed by atoms with Crippen LogP contribution >= 0.6 is 0 Å². The highest BCUT2D eigenvalue weighted by Gasteiger charge is 2.27. The summed E-state index contributed by atoms with van der Waals surface area (Å²) in [5.41, 5.74) is 0.962. The van der Waals surface area contributed by atoms with Crippen LogP contribution in [0.3, 0.4) is 0 Å².